The molecule has 0 saturated carbocycles. The van der Waals surface area contributed by atoms with Crippen LogP contribution in [0.3, 0.4) is 0 Å². The Morgan fingerprint density at radius 1 is 0.750 bits per heavy atom. The third-order valence-electron chi connectivity index (χ3n) is 3.16. The van der Waals surface area contributed by atoms with E-state index in [9.17, 15) is 0 Å². The molecule has 2 nitrogen and oxygen atoms in total. The average molecular weight is 230 g/mol. The molecule has 1 N–H and O–H groups in total. The van der Waals surface area contributed by atoms with Crippen LogP contribution in [0.5, 0.6) is 0 Å². The Hall–Kier alpha value is -0.0800. The summed E-state index contributed by atoms with van der Waals surface area (Å²) in [5, 5.41) is 8.73. The molecule has 0 aliphatic heterocycles. The van der Waals surface area contributed by atoms with E-state index in [1.165, 1.54) is 51.4 Å². The lowest BCUT2D eigenvalue weighted by molar-refractivity contribution is -0.281. The Kier molecular flexibility index (Phi) is 12.9. The Balaban J connectivity index is 3.20. The van der Waals surface area contributed by atoms with Crippen molar-refractivity contribution < 1.29 is 10.1 Å². The quantitative estimate of drug-likeness (QED) is 0.284. The summed E-state index contributed by atoms with van der Waals surface area (Å²) in [6, 6.07) is 0. The molecular formula is C14H30O2. The predicted molar refractivity (Wildman–Crippen MR) is 69.6 cm³/mol. The molecule has 98 valence electrons. The molecule has 0 radical (unpaired) electrons. The molecule has 0 aliphatic rings. The predicted octanol–water partition coefficient (Wildman–Crippen LogP) is 5.18. The lowest BCUT2D eigenvalue weighted by atomic mass is 10.0. The molecule has 0 aromatic carbocycles. The molecule has 0 aromatic heterocycles. The molecule has 0 amide bonds. The van der Waals surface area contributed by atoms with Gasteiger partial charge < -0.3 is 0 Å². The maximum absolute atomic E-state index is 8.73. The van der Waals surface area contributed by atoms with Crippen LogP contribution in [0, 0.1) is 0 Å². The Bertz CT molecular complexity index is 126. The van der Waals surface area contributed by atoms with E-state index in [1.807, 2.05) is 0 Å². The zero-order chi connectivity index (χ0) is 12.1. The van der Waals surface area contributed by atoms with Gasteiger partial charge in [0.2, 0.25) is 0 Å². The third-order valence-corrected chi connectivity index (χ3v) is 3.16. The molecule has 1 atom stereocenters. The van der Waals surface area contributed by atoms with Gasteiger partial charge in [-0.05, 0) is 12.8 Å². The van der Waals surface area contributed by atoms with Crippen molar-refractivity contribution in [1.29, 1.82) is 0 Å². The molecule has 0 spiro atoms. The normalized spacial score (nSPS) is 12.9. The van der Waals surface area contributed by atoms with Crippen molar-refractivity contribution in [3.05, 3.63) is 0 Å². The fourth-order valence-corrected chi connectivity index (χ4v) is 2.01. The molecule has 0 saturated heterocycles. The second-order valence-electron chi connectivity index (χ2n) is 4.78. The minimum absolute atomic E-state index is 0.0793. The number of rotatable bonds is 12. The van der Waals surface area contributed by atoms with E-state index in [0.29, 0.717) is 0 Å². The van der Waals surface area contributed by atoms with Crippen molar-refractivity contribution in [3.8, 4) is 0 Å². The van der Waals surface area contributed by atoms with Crippen molar-refractivity contribution in [3.63, 3.8) is 0 Å². The van der Waals surface area contributed by atoms with Crippen molar-refractivity contribution in [2.75, 3.05) is 0 Å². The summed E-state index contributed by atoms with van der Waals surface area (Å²) < 4.78 is 0. The van der Waals surface area contributed by atoms with Gasteiger partial charge in [0.05, 0.1) is 6.10 Å². The standard InChI is InChI=1S/C14H30O2/c1-3-5-7-8-9-10-11-13-14(16-15)12-6-4-2/h14-15H,3-13H2,1-2H3. The lowest BCUT2D eigenvalue weighted by Crippen LogP contribution is -2.10. The van der Waals surface area contributed by atoms with Crippen molar-refractivity contribution in [2.24, 2.45) is 0 Å². The summed E-state index contributed by atoms with van der Waals surface area (Å²) in [4.78, 5) is 4.50. The Labute approximate surface area is 101 Å². The van der Waals surface area contributed by atoms with Crippen LogP contribution in [0.2, 0.25) is 0 Å². The van der Waals surface area contributed by atoms with Gasteiger partial charge in [0.25, 0.3) is 0 Å². The Morgan fingerprint density at radius 2 is 1.25 bits per heavy atom. The van der Waals surface area contributed by atoms with Crippen LogP contribution >= 0.6 is 0 Å². The highest BCUT2D eigenvalue weighted by molar-refractivity contribution is 4.57. The van der Waals surface area contributed by atoms with Gasteiger partial charge in [-0.15, -0.1) is 0 Å². The largest absolute Gasteiger partial charge is 0.252 e. The zero-order valence-electron chi connectivity index (χ0n) is 11.2. The molecule has 0 aromatic rings. The smallest absolute Gasteiger partial charge is 0.0927 e. The first-order valence-electron chi connectivity index (χ1n) is 7.15. The van der Waals surface area contributed by atoms with Gasteiger partial charge in [0.1, 0.15) is 0 Å². The highest BCUT2D eigenvalue weighted by Gasteiger charge is 2.07. The highest BCUT2D eigenvalue weighted by atomic mass is 17.1. The molecule has 0 fully saturated rings. The van der Waals surface area contributed by atoms with E-state index in [2.05, 4.69) is 18.7 Å². The maximum atomic E-state index is 8.73. The summed E-state index contributed by atoms with van der Waals surface area (Å²) in [6.07, 6.45) is 13.7. The molecule has 1 unspecified atom stereocenters. The minimum Gasteiger partial charge on any atom is -0.252 e. The first kappa shape index (κ1) is 15.9. The van der Waals surface area contributed by atoms with Crippen LogP contribution in [0.15, 0.2) is 0 Å². The molecular weight excluding hydrogens is 200 g/mol. The SMILES string of the molecule is CCCCCCCCCC(CCCC)OO. The summed E-state index contributed by atoms with van der Waals surface area (Å²) in [5.74, 6) is 0. The number of hydrogen-bond donors (Lipinski definition) is 1. The van der Waals surface area contributed by atoms with Gasteiger partial charge in [-0.25, -0.2) is 4.89 Å². The maximum Gasteiger partial charge on any atom is 0.0927 e. The second kappa shape index (κ2) is 13.0. The fraction of sp³-hybridized carbons (Fsp3) is 1.00. The van der Waals surface area contributed by atoms with Gasteiger partial charge in [-0.2, -0.15) is 0 Å². The molecule has 0 aliphatic carbocycles. The number of hydrogen-bond acceptors (Lipinski definition) is 2. The average Bonchev–Trinajstić information content (AvgIpc) is 2.32. The molecule has 0 heterocycles. The lowest BCUT2D eigenvalue weighted by Gasteiger charge is -2.12. The summed E-state index contributed by atoms with van der Waals surface area (Å²) in [6.45, 7) is 4.42. The highest BCUT2D eigenvalue weighted by Crippen LogP contribution is 2.14. The summed E-state index contributed by atoms with van der Waals surface area (Å²) >= 11 is 0. The topological polar surface area (TPSA) is 29.5 Å². The van der Waals surface area contributed by atoms with E-state index in [-0.39, 0.29) is 6.10 Å². The van der Waals surface area contributed by atoms with Crippen molar-refractivity contribution >= 4 is 0 Å². The zero-order valence-corrected chi connectivity index (χ0v) is 11.2. The second-order valence-corrected chi connectivity index (χ2v) is 4.78. The van der Waals surface area contributed by atoms with Crippen LogP contribution < -0.4 is 0 Å². The minimum atomic E-state index is 0.0793. The summed E-state index contributed by atoms with van der Waals surface area (Å²) in [7, 11) is 0. The van der Waals surface area contributed by atoms with Gasteiger partial charge in [-0.1, -0.05) is 71.6 Å². The first-order chi connectivity index (χ1) is 7.85. The van der Waals surface area contributed by atoms with Crippen LogP contribution in [0.25, 0.3) is 0 Å². The van der Waals surface area contributed by atoms with Crippen LogP contribution in [-0.2, 0) is 4.89 Å². The molecule has 16 heavy (non-hydrogen) atoms. The van der Waals surface area contributed by atoms with E-state index in [0.717, 1.165) is 19.3 Å². The van der Waals surface area contributed by atoms with E-state index in [1.54, 1.807) is 0 Å². The Morgan fingerprint density at radius 3 is 1.81 bits per heavy atom. The van der Waals surface area contributed by atoms with Gasteiger partial charge >= 0.3 is 0 Å². The van der Waals surface area contributed by atoms with E-state index >= 15 is 0 Å². The first-order valence-corrected chi connectivity index (χ1v) is 7.15. The monoisotopic (exact) mass is 230 g/mol. The van der Waals surface area contributed by atoms with E-state index < -0.39 is 0 Å². The third kappa shape index (κ3) is 10.4. The molecule has 2 heteroatoms. The van der Waals surface area contributed by atoms with Gasteiger partial charge in [0.15, 0.2) is 0 Å². The van der Waals surface area contributed by atoms with Gasteiger partial charge in [0, 0.05) is 0 Å². The van der Waals surface area contributed by atoms with Crippen LogP contribution in [-0.4, -0.2) is 11.4 Å². The summed E-state index contributed by atoms with van der Waals surface area (Å²) in [5.41, 5.74) is 0. The molecule has 0 bridgehead atoms. The van der Waals surface area contributed by atoms with Crippen LogP contribution in [0.4, 0.5) is 0 Å². The van der Waals surface area contributed by atoms with Crippen molar-refractivity contribution in [1.82, 2.24) is 0 Å². The van der Waals surface area contributed by atoms with Crippen LogP contribution in [0.1, 0.15) is 84.5 Å². The molecule has 0 rings (SSSR count). The fourth-order valence-electron chi connectivity index (χ4n) is 2.01. The van der Waals surface area contributed by atoms with Crippen molar-refractivity contribution in [2.45, 2.75) is 90.6 Å². The number of unbranched alkanes of at least 4 members (excludes halogenated alkanes) is 7. The van der Waals surface area contributed by atoms with Gasteiger partial charge in [-0.3, -0.25) is 5.26 Å². The van der Waals surface area contributed by atoms with E-state index in [4.69, 9.17) is 5.26 Å².